The fraction of sp³-hybridized carbons (Fsp3) is 0.316. The van der Waals surface area contributed by atoms with Crippen LogP contribution in [-0.4, -0.2) is 25.7 Å². The van der Waals surface area contributed by atoms with Crippen molar-refractivity contribution >= 4 is 5.91 Å². The van der Waals surface area contributed by atoms with Crippen molar-refractivity contribution in [3.63, 3.8) is 0 Å². The van der Waals surface area contributed by atoms with Crippen molar-refractivity contribution < 1.29 is 14.3 Å². The third-order valence-corrected chi connectivity index (χ3v) is 3.25. The summed E-state index contributed by atoms with van der Waals surface area (Å²) >= 11 is 0. The molecule has 23 heavy (non-hydrogen) atoms. The van der Waals surface area contributed by atoms with Gasteiger partial charge in [0.05, 0.1) is 6.54 Å². The van der Waals surface area contributed by atoms with E-state index in [4.69, 9.17) is 9.47 Å². The lowest BCUT2D eigenvalue weighted by molar-refractivity contribution is -0.123. The topological polar surface area (TPSA) is 47.6 Å². The number of aryl methyl sites for hydroxylation is 3. The van der Waals surface area contributed by atoms with Crippen molar-refractivity contribution in [3.8, 4) is 11.5 Å². The Balaban J connectivity index is 1.67. The lowest BCUT2D eigenvalue weighted by atomic mass is 10.1. The second-order valence-electron chi connectivity index (χ2n) is 5.63. The van der Waals surface area contributed by atoms with E-state index in [2.05, 4.69) is 11.4 Å². The fourth-order valence-corrected chi connectivity index (χ4v) is 2.28. The molecule has 4 nitrogen and oxygen atoms in total. The summed E-state index contributed by atoms with van der Waals surface area (Å²) in [6, 6.07) is 13.7. The van der Waals surface area contributed by atoms with Crippen LogP contribution >= 0.6 is 0 Å². The number of carbonyl (C=O) groups is 1. The summed E-state index contributed by atoms with van der Waals surface area (Å²) in [6.45, 7) is 6.90. The highest BCUT2D eigenvalue weighted by Crippen LogP contribution is 2.16. The molecule has 0 atom stereocenters. The third-order valence-electron chi connectivity index (χ3n) is 3.25. The summed E-state index contributed by atoms with van der Waals surface area (Å²) in [6.07, 6.45) is 0. The van der Waals surface area contributed by atoms with Gasteiger partial charge < -0.3 is 14.8 Å². The zero-order valence-electron chi connectivity index (χ0n) is 13.9. The summed E-state index contributed by atoms with van der Waals surface area (Å²) in [5.74, 6) is 1.37. The van der Waals surface area contributed by atoms with Gasteiger partial charge in [0, 0.05) is 0 Å². The van der Waals surface area contributed by atoms with Gasteiger partial charge in [-0.2, -0.15) is 0 Å². The lowest BCUT2D eigenvalue weighted by Crippen LogP contribution is -2.32. The van der Waals surface area contributed by atoms with Crippen molar-refractivity contribution in [2.75, 3.05) is 19.8 Å². The van der Waals surface area contributed by atoms with Gasteiger partial charge in [-0.15, -0.1) is 0 Å². The number of carbonyl (C=O) groups excluding carboxylic acids is 1. The van der Waals surface area contributed by atoms with Gasteiger partial charge in [-0.25, -0.2) is 0 Å². The Morgan fingerprint density at radius 3 is 2.30 bits per heavy atom. The van der Waals surface area contributed by atoms with E-state index in [1.54, 1.807) is 0 Å². The highest BCUT2D eigenvalue weighted by molar-refractivity contribution is 5.77. The predicted octanol–water partition coefficient (Wildman–Crippen LogP) is 3.19. The highest BCUT2D eigenvalue weighted by Gasteiger charge is 2.03. The third kappa shape index (κ3) is 6.02. The largest absolute Gasteiger partial charge is 0.492 e. The molecule has 0 aliphatic carbocycles. The van der Waals surface area contributed by atoms with Crippen LogP contribution in [0.2, 0.25) is 0 Å². The average Bonchev–Trinajstić information content (AvgIpc) is 2.49. The molecule has 2 rings (SSSR count). The fourth-order valence-electron chi connectivity index (χ4n) is 2.28. The monoisotopic (exact) mass is 313 g/mol. The van der Waals surface area contributed by atoms with Gasteiger partial charge in [-0.1, -0.05) is 18.2 Å². The standard InChI is InChI=1S/C19H23NO3/c1-14-5-4-6-17(10-14)22-8-7-20-19(21)13-23-18-11-15(2)9-16(3)12-18/h4-6,9-12H,7-8,13H2,1-3H3,(H,20,21). The van der Waals surface area contributed by atoms with Gasteiger partial charge in [0.25, 0.3) is 5.91 Å². The van der Waals surface area contributed by atoms with Gasteiger partial charge in [0.15, 0.2) is 6.61 Å². The maximum Gasteiger partial charge on any atom is 0.258 e. The van der Waals surface area contributed by atoms with Crippen LogP contribution in [-0.2, 0) is 4.79 Å². The minimum Gasteiger partial charge on any atom is -0.492 e. The zero-order chi connectivity index (χ0) is 16.7. The first-order chi connectivity index (χ1) is 11.0. The molecule has 2 aromatic carbocycles. The first kappa shape index (κ1) is 16.9. The smallest absolute Gasteiger partial charge is 0.258 e. The first-order valence-electron chi connectivity index (χ1n) is 7.70. The van der Waals surface area contributed by atoms with Crippen molar-refractivity contribution in [3.05, 3.63) is 59.2 Å². The molecule has 0 aromatic heterocycles. The average molecular weight is 313 g/mol. The van der Waals surface area contributed by atoms with E-state index in [1.807, 2.05) is 57.2 Å². The molecule has 122 valence electrons. The molecule has 0 unspecified atom stereocenters. The Labute approximate surface area is 137 Å². The molecule has 0 heterocycles. The van der Waals surface area contributed by atoms with Crippen molar-refractivity contribution in [1.82, 2.24) is 5.32 Å². The maximum atomic E-state index is 11.8. The van der Waals surface area contributed by atoms with E-state index in [0.29, 0.717) is 18.9 Å². The first-order valence-corrected chi connectivity index (χ1v) is 7.70. The van der Waals surface area contributed by atoms with Crippen molar-refractivity contribution in [2.24, 2.45) is 0 Å². The van der Waals surface area contributed by atoms with E-state index in [0.717, 1.165) is 22.4 Å². The van der Waals surface area contributed by atoms with E-state index in [-0.39, 0.29) is 12.5 Å². The van der Waals surface area contributed by atoms with Crippen LogP contribution in [0, 0.1) is 20.8 Å². The van der Waals surface area contributed by atoms with Crippen LogP contribution in [0.3, 0.4) is 0 Å². The van der Waals surface area contributed by atoms with Gasteiger partial charge in [-0.05, 0) is 61.7 Å². The van der Waals surface area contributed by atoms with Crippen LogP contribution < -0.4 is 14.8 Å². The molecule has 0 fully saturated rings. The zero-order valence-corrected chi connectivity index (χ0v) is 13.9. The molecule has 0 saturated heterocycles. The summed E-state index contributed by atoms with van der Waals surface area (Å²) in [4.78, 5) is 11.8. The van der Waals surface area contributed by atoms with Crippen LogP contribution in [0.4, 0.5) is 0 Å². The molecular formula is C19H23NO3. The van der Waals surface area contributed by atoms with Gasteiger partial charge in [0.1, 0.15) is 18.1 Å². The molecule has 0 aliphatic rings. The number of rotatable bonds is 7. The van der Waals surface area contributed by atoms with E-state index in [9.17, 15) is 4.79 Å². The molecule has 4 heteroatoms. The molecule has 0 radical (unpaired) electrons. The molecule has 1 amide bonds. The van der Waals surface area contributed by atoms with E-state index < -0.39 is 0 Å². The van der Waals surface area contributed by atoms with Crippen LogP contribution in [0.15, 0.2) is 42.5 Å². The van der Waals surface area contributed by atoms with Crippen molar-refractivity contribution in [2.45, 2.75) is 20.8 Å². The minimum absolute atomic E-state index is 0.00728. The molecule has 0 saturated carbocycles. The second-order valence-corrected chi connectivity index (χ2v) is 5.63. The number of hydrogen-bond acceptors (Lipinski definition) is 3. The highest BCUT2D eigenvalue weighted by atomic mass is 16.5. The normalized spacial score (nSPS) is 10.2. The molecule has 2 aromatic rings. The van der Waals surface area contributed by atoms with Crippen LogP contribution in [0.25, 0.3) is 0 Å². The number of hydrogen-bond donors (Lipinski definition) is 1. The van der Waals surface area contributed by atoms with Gasteiger partial charge >= 0.3 is 0 Å². The Morgan fingerprint density at radius 2 is 1.61 bits per heavy atom. The van der Waals surface area contributed by atoms with E-state index in [1.165, 1.54) is 0 Å². The quantitative estimate of drug-likeness (QED) is 0.799. The summed E-state index contributed by atoms with van der Waals surface area (Å²) in [7, 11) is 0. The molecular weight excluding hydrogens is 290 g/mol. The van der Waals surface area contributed by atoms with Crippen molar-refractivity contribution in [1.29, 1.82) is 0 Å². The Bertz CT molecular complexity index is 647. The van der Waals surface area contributed by atoms with E-state index >= 15 is 0 Å². The number of nitrogens with one attached hydrogen (secondary N) is 1. The SMILES string of the molecule is Cc1cccc(OCCNC(=O)COc2cc(C)cc(C)c2)c1. The summed E-state index contributed by atoms with van der Waals surface area (Å²) in [5, 5.41) is 2.78. The Kier molecular flexibility index (Phi) is 6.03. The minimum atomic E-state index is -0.156. The Hall–Kier alpha value is -2.49. The predicted molar refractivity (Wildman–Crippen MR) is 91.1 cm³/mol. The van der Waals surface area contributed by atoms with Gasteiger partial charge in [0.2, 0.25) is 0 Å². The molecule has 0 aliphatic heterocycles. The van der Waals surface area contributed by atoms with Gasteiger partial charge in [-0.3, -0.25) is 4.79 Å². The number of ether oxygens (including phenoxy) is 2. The maximum absolute atomic E-state index is 11.8. The van der Waals surface area contributed by atoms with Crippen LogP contribution in [0.1, 0.15) is 16.7 Å². The molecule has 0 bridgehead atoms. The number of benzene rings is 2. The van der Waals surface area contributed by atoms with Crippen LogP contribution in [0.5, 0.6) is 11.5 Å². The lowest BCUT2D eigenvalue weighted by Gasteiger charge is -2.10. The second kappa shape index (κ2) is 8.22. The summed E-state index contributed by atoms with van der Waals surface area (Å²) < 4.78 is 11.1. The molecule has 1 N–H and O–H groups in total. The number of amides is 1. The summed E-state index contributed by atoms with van der Waals surface area (Å²) in [5.41, 5.74) is 3.38. The Morgan fingerprint density at radius 1 is 0.913 bits per heavy atom. The molecule has 0 spiro atoms.